The fourth-order valence-electron chi connectivity index (χ4n) is 3.69. The highest BCUT2D eigenvalue weighted by atomic mass is 35.5. The molecule has 0 bridgehead atoms. The molecule has 1 aromatic heterocycles. The van der Waals surface area contributed by atoms with Gasteiger partial charge >= 0.3 is 0 Å². The van der Waals surface area contributed by atoms with Crippen molar-refractivity contribution in [2.24, 2.45) is 0 Å². The zero-order valence-corrected chi connectivity index (χ0v) is 19.0. The number of hydrogen-bond acceptors (Lipinski definition) is 4. The van der Waals surface area contributed by atoms with Crippen LogP contribution in [-0.4, -0.2) is 23.3 Å². The first-order valence-electron chi connectivity index (χ1n) is 10.5. The second-order valence-corrected chi connectivity index (χ2v) is 8.24. The number of carbonyl (C=O) groups excluding carboxylic acids is 2. The lowest BCUT2D eigenvalue weighted by Gasteiger charge is -2.27. The molecule has 0 unspecified atom stereocenters. The van der Waals surface area contributed by atoms with Gasteiger partial charge in [-0.25, -0.2) is 0 Å². The number of imide groups is 1. The van der Waals surface area contributed by atoms with Crippen molar-refractivity contribution in [3.8, 4) is 17.4 Å². The number of furan rings is 1. The Kier molecular flexibility index (Phi) is 6.30. The summed E-state index contributed by atoms with van der Waals surface area (Å²) in [5, 5.41) is 10.2. The molecule has 33 heavy (non-hydrogen) atoms. The SMILES string of the molecule is CC1=C(C#N)C(=O)N(CCc2ccccc2)C(=O)/C1=C/c1ccc(-c2ccc(C)c(Cl)c2)o1. The molecular weight excluding hydrogens is 436 g/mol. The van der Waals surface area contributed by atoms with Crippen molar-refractivity contribution in [1.29, 1.82) is 5.26 Å². The predicted molar refractivity (Wildman–Crippen MR) is 127 cm³/mol. The molecule has 4 rings (SSSR count). The average molecular weight is 457 g/mol. The van der Waals surface area contributed by atoms with Crippen LogP contribution >= 0.6 is 11.6 Å². The molecule has 0 saturated carbocycles. The minimum Gasteiger partial charge on any atom is -0.457 e. The third-order valence-corrected chi connectivity index (χ3v) is 6.07. The van der Waals surface area contributed by atoms with E-state index in [2.05, 4.69) is 0 Å². The Hall–Kier alpha value is -3.88. The van der Waals surface area contributed by atoms with E-state index in [1.54, 1.807) is 25.1 Å². The Morgan fingerprint density at radius 1 is 1.03 bits per heavy atom. The van der Waals surface area contributed by atoms with Crippen LogP contribution in [0.5, 0.6) is 0 Å². The van der Waals surface area contributed by atoms with Crippen LogP contribution in [0.3, 0.4) is 0 Å². The maximum Gasteiger partial charge on any atom is 0.271 e. The van der Waals surface area contributed by atoms with Gasteiger partial charge in [0.25, 0.3) is 11.8 Å². The number of nitriles is 1. The molecule has 6 heteroatoms. The van der Waals surface area contributed by atoms with Gasteiger partial charge in [0.2, 0.25) is 0 Å². The van der Waals surface area contributed by atoms with Gasteiger partial charge in [-0.05, 0) is 61.2 Å². The van der Waals surface area contributed by atoms with Crippen LogP contribution in [0.1, 0.15) is 23.8 Å². The fraction of sp³-hybridized carbons (Fsp3) is 0.148. The van der Waals surface area contributed by atoms with E-state index in [1.165, 1.54) is 0 Å². The normalized spacial score (nSPS) is 15.3. The molecule has 3 aromatic rings. The van der Waals surface area contributed by atoms with Crippen molar-refractivity contribution >= 4 is 29.5 Å². The van der Waals surface area contributed by atoms with Crippen molar-refractivity contribution in [2.45, 2.75) is 20.3 Å². The van der Waals surface area contributed by atoms with Crippen molar-refractivity contribution in [3.05, 3.63) is 99.3 Å². The van der Waals surface area contributed by atoms with Crippen molar-refractivity contribution in [1.82, 2.24) is 4.90 Å². The molecule has 0 radical (unpaired) electrons. The standard InChI is InChI=1S/C27H21ClN2O3/c1-17-8-9-20(14-24(17)28)25-11-10-21(33-25)15-22-18(2)23(16-29)27(32)30(26(22)31)13-12-19-6-4-3-5-7-19/h3-11,14-15H,12-13H2,1-2H3/b22-15+. The van der Waals surface area contributed by atoms with Gasteiger partial charge in [0.15, 0.2) is 0 Å². The quantitative estimate of drug-likeness (QED) is 0.362. The summed E-state index contributed by atoms with van der Waals surface area (Å²) in [4.78, 5) is 27.2. The van der Waals surface area contributed by atoms with Gasteiger partial charge in [-0.1, -0.05) is 54.1 Å². The zero-order valence-electron chi connectivity index (χ0n) is 18.3. The summed E-state index contributed by atoms with van der Waals surface area (Å²) in [6.07, 6.45) is 2.08. The Bertz CT molecular complexity index is 1340. The van der Waals surface area contributed by atoms with Gasteiger partial charge in [-0.3, -0.25) is 14.5 Å². The number of rotatable bonds is 5. The summed E-state index contributed by atoms with van der Waals surface area (Å²) in [7, 11) is 0. The molecule has 0 spiro atoms. The van der Waals surface area contributed by atoms with Crippen molar-refractivity contribution in [2.75, 3.05) is 6.54 Å². The van der Waals surface area contributed by atoms with E-state index in [1.807, 2.05) is 61.5 Å². The fourth-order valence-corrected chi connectivity index (χ4v) is 3.87. The lowest BCUT2D eigenvalue weighted by molar-refractivity contribution is -0.140. The molecule has 0 atom stereocenters. The molecule has 1 aliphatic heterocycles. The van der Waals surface area contributed by atoms with Crippen LogP contribution in [0.25, 0.3) is 17.4 Å². The Labute approximate surface area is 197 Å². The molecule has 0 fully saturated rings. The molecular formula is C27H21ClN2O3. The summed E-state index contributed by atoms with van der Waals surface area (Å²) in [5.41, 5.74) is 3.36. The Morgan fingerprint density at radius 3 is 2.48 bits per heavy atom. The van der Waals surface area contributed by atoms with Gasteiger partial charge in [0.05, 0.1) is 0 Å². The monoisotopic (exact) mass is 456 g/mol. The van der Waals surface area contributed by atoms with Gasteiger partial charge in [0.1, 0.15) is 23.2 Å². The highest BCUT2D eigenvalue weighted by Crippen LogP contribution is 2.30. The lowest BCUT2D eigenvalue weighted by Crippen LogP contribution is -2.43. The Balaban J connectivity index is 1.65. The topological polar surface area (TPSA) is 74.3 Å². The van der Waals surface area contributed by atoms with Gasteiger partial charge in [-0.2, -0.15) is 5.26 Å². The van der Waals surface area contributed by atoms with E-state index < -0.39 is 11.8 Å². The molecule has 2 aromatic carbocycles. The highest BCUT2D eigenvalue weighted by Gasteiger charge is 2.35. The average Bonchev–Trinajstić information content (AvgIpc) is 3.28. The summed E-state index contributed by atoms with van der Waals surface area (Å²) in [5.74, 6) is 0.0384. The summed E-state index contributed by atoms with van der Waals surface area (Å²) < 4.78 is 5.93. The number of carbonyl (C=O) groups is 2. The zero-order chi connectivity index (χ0) is 23.5. The Morgan fingerprint density at radius 2 is 1.79 bits per heavy atom. The molecule has 2 heterocycles. The van der Waals surface area contributed by atoms with E-state index >= 15 is 0 Å². The number of halogens is 1. The maximum atomic E-state index is 13.2. The van der Waals surface area contributed by atoms with Crippen LogP contribution in [-0.2, 0) is 16.0 Å². The van der Waals surface area contributed by atoms with E-state index in [0.29, 0.717) is 28.5 Å². The van der Waals surface area contributed by atoms with Crippen LogP contribution in [0.15, 0.2) is 81.8 Å². The minimum absolute atomic E-state index is 0.0361. The summed E-state index contributed by atoms with van der Waals surface area (Å²) in [6.45, 7) is 3.71. The summed E-state index contributed by atoms with van der Waals surface area (Å²) in [6, 6.07) is 20.7. The summed E-state index contributed by atoms with van der Waals surface area (Å²) >= 11 is 6.23. The number of amides is 2. The first-order valence-corrected chi connectivity index (χ1v) is 10.9. The molecule has 164 valence electrons. The lowest BCUT2D eigenvalue weighted by atomic mass is 9.94. The first-order chi connectivity index (χ1) is 15.9. The molecule has 1 aliphatic rings. The third-order valence-electron chi connectivity index (χ3n) is 5.66. The maximum absolute atomic E-state index is 13.2. The second kappa shape index (κ2) is 9.32. The molecule has 0 N–H and O–H groups in total. The smallest absolute Gasteiger partial charge is 0.271 e. The van der Waals surface area contributed by atoms with Crippen LogP contribution in [0.2, 0.25) is 5.02 Å². The molecule has 5 nitrogen and oxygen atoms in total. The van der Waals surface area contributed by atoms with E-state index in [9.17, 15) is 14.9 Å². The molecule has 0 aliphatic carbocycles. The largest absolute Gasteiger partial charge is 0.457 e. The van der Waals surface area contributed by atoms with Gasteiger partial charge < -0.3 is 4.42 Å². The predicted octanol–water partition coefficient (Wildman–Crippen LogP) is 5.74. The van der Waals surface area contributed by atoms with Crippen molar-refractivity contribution < 1.29 is 14.0 Å². The number of benzene rings is 2. The van der Waals surface area contributed by atoms with E-state index in [0.717, 1.165) is 21.6 Å². The van der Waals surface area contributed by atoms with E-state index in [4.69, 9.17) is 16.0 Å². The first kappa shape index (κ1) is 22.3. The molecule has 2 amide bonds. The third kappa shape index (κ3) is 4.52. The number of aryl methyl sites for hydroxylation is 1. The van der Waals surface area contributed by atoms with E-state index in [-0.39, 0.29) is 17.7 Å². The van der Waals surface area contributed by atoms with Crippen LogP contribution in [0.4, 0.5) is 0 Å². The van der Waals surface area contributed by atoms with Gasteiger partial charge in [0, 0.05) is 22.7 Å². The number of hydrogen-bond donors (Lipinski definition) is 0. The van der Waals surface area contributed by atoms with Crippen molar-refractivity contribution in [3.63, 3.8) is 0 Å². The number of nitrogens with zero attached hydrogens (tertiary/aromatic N) is 2. The van der Waals surface area contributed by atoms with Crippen LogP contribution < -0.4 is 0 Å². The molecule has 0 saturated heterocycles. The highest BCUT2D eigenvalue weighted by molar-refractivity contribution is 6.31. The van der Waals surface area contributed by atoms with Crippen LogP contribution in [0, 0.1) is 18.3 Å². The second-order valence-electron chi connectivity index (χ2n) is 7.83. The van der Waals surface area contributed by atoms with Gasteiger partial charge in [-0.15, -0.1) is 0 Å². The minimum atomic E-state index is -0.567.